The number of nitrogens with zero attached hydrogens (tertiary/aromatic N) is 1. The van der Waals surface area contributed by atoms with Gasteiger partial charge in [0.1, 0.15) is 11.6 Å². The number of rotatable bonds is 4. The SMILES string of the molecule is COc1ccc(F)cc1C(=O)[C@@H]1CCCN(CC#Cc2ccccc2)C1. The van der Waals surface area contributed by atoms with Crippen LogP contribution in [0.1, 0.15) is 28.8 Å². The molecule has 0 aliphatic carbocycles. The zero-order valence-corrected chi connectivity index (χ0v) is 14.9. The molecule has 1 aliphatic rings. The van der Waals surface area contributed by atoms with Gasteiger partial charge in [-0.1, -0.05) is 30.0 Å². The lowest BCUT2D eigenvalue weighted by molar-refractivity contribution is 0.0829. The number of carbonyl (C=O) groups excluding carboxylic acids is 1. The molecule has 3 rings (SSSR count). The van der Waals surface area contributed by atoms with Gasteiger partial charge in [-0.05, 0) is 49.7 Å². The summed E-state index contributed by atoms with van der Waals surface area (Å²) < 4.78 is 18.8. The Balaban J connectivity index is 1.66. The number of piperidine rings is 1. The summed E-state index contributed by atoms with van der Waals surface area (Å²) in [6.07, 6.45) is 1.74. The molecule has 2 aromatic rings. The van der Waals surface area contributed by atoms with Crippen molar-refractivity contribution in [3.05, 3.63) is 65.5 Å². The summed E-state index contributed by atoms with van der Waals surface area (Å²) in [6.45, 7) is 2.19. The number of hydrogen-bond acceptors (Lipinski definition) is 3. The molecule has 1 saturated heterocycles. The molecule has 26 heavy (non-hydrogen) atoms. The molecule has 3 nitrogen and oxygen atoms in total. The van der Waals surface area contributed by atoms with E-state index >= 15 is 0 Å². The molecule has 0 amide bonds. The Hall–Kier alpha value is -2.64. The maximum absolute atomic E-state index is 13.6. The molecule has 1 atom stereocenters. The number of benzene rings is 2. The topological polar surface area (TPSA) is 29.5 Å². The Morgan fingerprint density at radius 2 is 2.08 bits per heavy atom. The number of ether oxygens (including phenoxy) is 1. The lowest BCUT2D eigenvalue weighted by Crippen LogP contribution is -2.39. The maximum Gasteiger partial charge on any atom is 0.171 e. The van der Waals surface area contributed by atoms with Crippen molar-refractivity contribution in [3.63, 3.8) is 0 Å². The van der Waals surface area contributed by atoms with Crippen LogP contribution in [0.5, 0.6) is 5.75 Å². The molecular weight excluding hydrogens is 329 g/mol. The zero-order valence-electron chi connectivity index (χ0n) is 14.9. The number of likely N-dealkylation sites (tertiary alicyclic amines) is 1. The van der Waals surface area contributed by atoms with Crippen molar-refractivity contribution in [1.82, 2.24) is 4.90 Å². The van der Waals surface area contributed by atoms with Crippen molar-refractivity contribution in [2.75, 3.05) is 26.7 Å². The minimum Gasteiger partial charge on any atom is -0.496 e. The molecule has 1 aliphatic heterocycles. The molecule has 0 radical (unpaired) electrons. The van der Waals surface area contributed by atoms with Gasteiger partial charge in [0.25, 0.3) is 0 Å². The van der Waals surface area contributed by atoms with Gasteiger partial charge in [0.2, 0.25) is 0 Å². The van der Waals surface area contributed by atoms with Gasteiger partial charge < -0.3 is 4.74 Å². The number of methoxy groups -OCH3 is 1. The molecule has 0 spiro atoms. The summed E-state index contributed by atoms with van der Waals surface area (Å²) >= 11 is 0. The highest BCUT2D eigenvalue weighted by atomic mass is 19.1. The second-order valence-electron chi connectivity index (χ2n) is 6.45. The van der Waals surface area contributed by atoms with Crippen LogP contribution in [-0.2, 0) is 0 Å². The normalized spacial score (nSPS) is 17.2. The smallest absolute Gasteiger partial charge is 0.171 e. The number of Topliss-reactive ketones (excluding diaryl/α,β-unsaturated/α-hetero) is 1. The second-order valence-corrected chi connectivity index (χ2v) is 6.45. The fraction of sp³-hybridized carbons (Fsp3) is 0.318. The summed E-state index contributed by atoms with van der Waals surface area (Å²) in [7, 11) is 1.50. The third-order valence-corrected chi connectivity index (χ3v) is 4.61. The Kier molecular flexibility index (Phi) is 6.04. The van der Waals surface area contributed by atoms with Crippen LogP contribution < -0.4 is 4.74 Å². The Morgan fingerprint density at radius 1 is 1.27 bits per heavy atom. The highest BCUT2D eigenvalue weighted by Gasteiger charge is 2.28. The van der Waals surface area contributed by atoms with Crippen molar-refractivity contribution in [2.24, 2.45) is 5.92 Å². The van der Waals surface area contributed by atoms with Gasteiger partial charge in [0.05, 0.1) is 19.2 Å². The average molecular weight is 351 g/mol. The van der Waals surface area contributed by atoms with E-state index in [9.17, 15) is 9.18 Å². The first kappa shape index (κ1) is 18.2. The zero-order chi connectivity index (χ0) is 18.4. The van der Waals surface area contributed by atoms with Gasteiger partial charge in [-0.3, -0.25) is 9.69 Å². The van der Waals surface area contributed by atoms with Crippen LogP contribution in [-0.4, -0.2) is 37.4 Å². The lowest BCUT2D eigenvalue weighted by Gasteiger charge is -2.30. The minimum absolute atomic E-state index is 0.0536. The van der Waals surface area contributed by atoms with Crippen molar-refractivity contribution in [1.29, 1.82) is 0 Å². The van der Waals surface area contributed by atoms with Gasteiger partial charge >= 0.3 is 0 Å². The van der Waals surface area contributed by atoms with Crippen LogP contribution in [0.2, 0.25) is 0 Å². The molecule has 0 N–H and O–H groups in total. The highest BCUT2D eigenvalue weighted by Crippen LogP contribution is 2.26. The average Bonchev–Trinajstić information content (AvgIpc) is 2.68. The van der Waals surface area contributed by atoms with Gasteiger partial charge in [-0.15, -0.1) is 0 Å². The van der Waals surface area contributed by atoms with Crippen LogP contribution in [0.4, 0.5) is 4.39 Å². The number of carbonyl (C=O) groups is 1. The first-order valence-electron chi connectivity index (χ1n) is 8.81. The molecule has 0 aromatic heterocycles. The molecule has 4 heteroatoms. The van der Waals surface area contributed by atoms with Gasteiger partial charge in [-0.2, -0.15) is 0 Å². The van der Waals surface area contributed by atoms with Crippen molar-refractivity contribution >= 4 is 5.78 Å². The summed E-state index contributed by atoms with van der Waals surface area (Å²) in [5.74, 6) is 6.13. The maximum atomic E-state index is 13.6. The molecule has 0 saturated carbocycles. The van der Waals surface area contributed by atoms with Crippen LogP contribution in [0.25, 0.3) is 0 Å². The Labute approximate surface area is 153 Å². The van der Waals surface area contributed by atoms with E-state index < -0.39 is 5.82 Å². The lowest BCUT2D eigenvalue weighted by atomic mass is 9.89. The summed E-state index contributed by atoms with van der Waals surface area (Å²) in [5, 5.41) is 0. The van der Waals surface area contributed by atoms with E-state index in [1.165, 1.54) is 25.3 Å². The van der Waals surface area contributed by atoms with Crippen molar-refractivity contribution in [3.8, 4) is 17.6 Å². The number of halogens is 1. The highest BCUT2D eigenvalue weighted by molar-refractivity contribution is 6.00. The van der Waals surface area contributed by atoms with E-state index in [0.29, 0.717) is 24.4 Å². The van der Waals surface area contributed by atoms with E-state index in [4.69, 9.17) is 4.74 Å². The molecule has 0 unspecified atom stereocenters. The van der Waals surface area contributed by atoms with E-state index in [1.54, 1.807) is 0 Å². The minimum atomic E-state index is -0.421. The van der Waals surface area contributed by atoms with Gasteiger partial charge in [0.15, 0.2) is 5.78 Å². The monoisotopic (exact) mass is 351 g/mol. The predicted molar refractivity (Wildman–Crippen MR) is 99.8 cm³/mol. The standard InChI is InChI=1S/C22H22FNO2/c1-26-21-12-11-19(23)15-20(21)22(25)18-10-6-14-24(16-18)13-5-9-17-7-3-2-4-8-17/h2-4,7-8,11-12,15,18H,6,10,13-14,16H2,1H3/t18-/m1/s1. The summed E-state index contributed by atoms with van der Waals surface area (Å²) in [4.78, 5) is 15.1. The van der Waals surface area contributed by atoms with Crippen LogP contribution in [0.15, 0.2) is 48.5 Å². The fourth-order valence-electron chi connectivity index (χ4n) is 3.28. The largest absolute Gasteiger partial charge is 0.496 e. The van der Waals surface area contributed by atoms with Crippen LogP contribution in [0.3, 0.4) is 0 Å². The van der Waals surface area contributed by atoms with E-state index in [1.807, 2.05) is 30.3 Å². The molecule has 134 valence electrons. The molecular formula is C22H22FNO2. The Bertz CT molecular complexity index is 823. The third-order valence-electron chi connectivity index (χ3n) is 4.61. The quantitative estimate of drug-likeness (QED) is 0.620. The first-order valence-corrected chi connectivity index (χ1v) is 8.81. The summed E-state index contributed by atoms with van der Waals surface area (Å²) in [5.41, 5.74) is 1.32. The van der Waals surface area contributed by atoms with E-state index in [-0.39, 0.29) is 11.7 Å². The third kappa shape index (κ3) is 4.50. The molecule has 1 heterocycles. The Morgan fingerprint density at radius 3 is 2.85 bits per heavy atom. The van der Waals surface area contributed by atoms with E-state index in [0.717, 1.165) is 24.9 Å². The fourth-order valence-corrected chi connectivity index (χ4v) is 3.28. The molecule has 2 aromatic carbocycles. The van der Waals surface area contributed by atoms with Crippen LogP contribution >= 0.6 is 0 Å². The number of hydrogen-bond donors (Lipinski definition) is 0. The molecule has 0 bridgehead atoms. The van der Waals surface area contributed by atoms with Crippen molar-refractivity contribution < 1.29 is 13.9 Å². The van der Waals surface area contributed by atoms with Crippen LogP contribution in [0, 0.1) is 23.6 Å². The summed E-state index contributed by atoms with van der Waals surface area (Å²) in [6, 6.07) is 13.9. The van der Waals surface area contributed by atoms with Gasteiger partial charge in [0, 0.05) is 18.0 Å². The van der Waals surface area contributed by atoms with Crippen molar-refractivity contribution in [2.45, 2.75) is 12.8 Å². The van der Waals surface area contributed by atoms with E-state index in [2.05, 4.69) is 16.7 Å². The predicted octanol–water partition coefficient (Wildman–Crippen LogP) is 3.78. The number of ketones is 1. The first-order chi connectivity index (χ1) is 12.7. The van der Waals surface area contributed by atoms with Gasteiger partial charge in [-0.25, -0.2) is 4.39 Å². The molecule has 1 fully saturated rings. The second kappa shape index (κ2) is 8.64.